The van der Waals surface area contributed by atoms with Gasteiger partial charge in [0.05, 0.1) is 23.8 Å². The highest BCUT2D eigenvalue weighted by molar-refractivity contribution is 7.92. The van der Waals surface area contributed by atoms with Gasteiger partial charge in [-0.2, -0.15) is 0 Å². The number of carbonyl (C=O) groups excluding carboxylic acids is 1. The van der Waals surface area contributed by atoms with E-state index in [1.165, 1.54) is 16.4 Å². The van der Waals surface area contributed by atoms with Crippen LogP contribution in [-0.2, 0) is 21.2 Å². The minimum atomic E-state index is -3.71. The first kappa shape index (κ1) is 19.2. The summed E-state index contributed by atoms with van der Waals surface area (Å²) >= 11 is 5.89. The molecule has 1 atom stereocenters. The van der Waals surface area contributed by atoms with Crippen LogP contribution >= 0.6 is 11.6 Å². The van der Waals surface area contributed by atoms with Crippen LogP contribution in [0.4, 0.5) is 5.69 Å². The van der Waals surface area contributed by atoms with Crippen LogP contribution < -0.4 is 4.31 Å². The highest BCUT2D eigenvalue weighted by atomic mass is 35.5. The Morgan fingerprint density at radius 3 is 2.46 bits per heavy atom. The fraction of sp³-hybridized carbons (Fsp3) is 0.350. The molecule has 0 bridgehead atoms. The van der Waals surface area contributed by atoms with Gasteiger partial charge in [0.2, 0.25) is 0 Å². The molecule has 2 aliphatic rings. The van der Waals surface area contributed by atoms with Crippen molar-refractivity contribution in [3.05, 3.63) is 58.6 Å². The Bertz CT molecular complexity index is 1000. The number of carbonyl (C=O) groups is 1. The molecule has 28 heavy (non-hydrogen) atoms. The Kier molecular flexibility index (Phi) is 5.07. The molecule has 6 nitrogen and oxygen atoms in total. The Hall–Kier alpha value is -2.09. The van der Waals surface area contributed by atoms with Crippen LogP contribution in [0.3, 0.4) is 0 Å². The largest absolute Gasteiger partial charge is 0.378 e. The number of halogens is 1. The van der Waals surface area contributed by atoms with Crippen molar-refractivity contribution in [3.63, 3.8) is 0 Å². The zero-order valence-electron chi connectivity index (χ0n) is 15.5. The molecule has 148 valence electrons. The number of benzene rings is 2. The summed E-state index contributed by atoms with van der Waals surface area (Å²) in [5, 5.41) is 0.486. The van der Waals surface area contributed by atoms with Gasteiger partial charge in [-0.1, -0.05) is 11.6 Å². The lowest BCUT2D eigenvalue weighted by Crippen LogP contribution is -2.40. The van der Waals surface area contributed by atoms with Crippen molar-refractivity contribution < 1.29 is 17.9 Å². The predicted octanol–water partition coefficient (Wildman–Crippen LogP) is 2.95. The topological polar surface area (TPSA) is 66.9 Å². The third-order valence-corrected chi connectivity index (χ3v) is 7.34. The van der Waals surface area contributed by atoms with E-state index in [0.29, 0.717) is 49.0 Å². The lowest BCUT2D eigenvalue weighted by atomic mass is 10.1. The number of amides is 1. The number of nitrogens with zero attached hydrogens (tertiary/aromatic N) is 2. The summed E-state index contributed by atoms with van der Waals surface area (Å²) < 4.78 is 33.1. The predicted molar refractivity (Wildman–Crippen MR) is 107 cm³/mol. The molecule has 1 saturated heterocycles. The van der Waals surface area contributed by atoms with Gasteiger partial charge in [0.15, 0.2) is 0 Å². The minimum Gasteiger partial charge on any atom is -0.378 e. The van der Waals surface area contributed by atoms with E-state index in [2.05, 4.69) is 0 Å². The SMILES string of the molecule is C[C@@H]1Cc2cc(C(=O)N3CCOCC3)ccc2N1S(=O)(=O)c1ccc(Cl)cc1. The molecule has 0 spiro atoms. The summed E-state index contributed by atoms with van der Waals surface area (Å²) in [6.07, 6.45) is 0.562. The molecular formula is C20H21ClN2O4S. The van der Waals surface area contributed by atoms with Crippen molar-refractivity contribution in [2.45, 2.75) is 24.3 Å². The van der Waals surface area contributed by atoms with Crippen molar-refractivity contribution >= 4 is 33.2 Å². The maximum Gasteiger partial charge on any atom is 0.264 e. The Labute approximate surface area is 169 Å². The molecule has 4 rings (SSSR count). The van der Waals surface area contributed by atoms with Crippen LogP contribution in [0.25, 0.3) is 0 Å². The van der Waals surface area contributed by atoms with Gasteiger partial charge in [-0.05, 0) is 61.4 Å². The molecule has 0 saturated carbocycles. The standard InChI is InChI=1S/C20H21ClN2O4S/c1-14-12-16-13-15(20(24)22-8-10-27-11-9-22)2-7-19(16)23(14)28(25,26)18-5-3-17(21)4-6-18/h2-7,13-14H,8-12H2,1H3/t14-/m1/s1. The van der Waals surface area contributed by atoms with E-state index in [1.54, 1.807) is 29.2 Å². The van der Waals surface area contributed by atoms with E-state index in [4.69, 9.17) is 16.3 Å². The van der Waals surface area contributed by atoms with E-state index in [9.17, 15) is 13.2 Å². The average molecular weight is 421 g/mol. The molecule has 0 radical (unpaired) electrons. The normalized spacial score (nSPS) is 19.6. The van der Waals surface area contributed by atoms with Crippen LogP contribution in [0.5, 0.6) is 0 Å². The quantitative estimate of drug-likeness (QED) is 0.765. The number of hydrogen-bond donors (Lipinski definition) is 0. The molecule has 8 heteroatoms. The van der Waals surface area contributed by atoms with Crippen molar-refractivity contribution in [2.24, 2.45) is 0 Å². The number of sulfonamides is 1. The van der Waals surface area contributed by atoms with Crippen molar-refractivity contribution in [1.82, 2.24) is 4.90 Å². The number of morpholine rings is 1. The molecule has 2 aromatic carbocycles. The fourth-order valence-corrected chi connectivity index (χ4v) is 5.59. The maximum absolute atomic E-state index is 13.2. The molecule has 2 heterocycles. The summed E-state index contributed by atoms with van der Waals surface area (Å²) in [6, 6.07) is 11.2. The minimum absolute atomic E-state index is 0.0437. The second kappa shape index (κ2) is 7.39. The smallest absolute Gasteiger partial charge is 0.264 e. The van der Waals surface area contributed by atoms with E-state index < -0.39 is 10.0 Å². The first-order valence-electron chi connectivity index (χ1n) is 9.18. The summed E-state index contributed by atoms with van der Waals surface area (Å²) in [6.45, 7) is 4.10. The van der Waals surface area contributed by atoms with Crippen LogP contribution in [0, 0.1) is 0 Å². The van der Waals surface area contributed by atoms with Gasteiger partial charge in [0.1, 0.15) is 0 Å². The Balaban J connectivity index is 1.66. The van der Waals surface area contributed by atoms with Crippen molar-refractivity contribution in [1.29, 1.82) is 0 Å². The van der Waals surface area contributed by atoms with Gasteiger partial charge in [-0.3, -0.25) is 9.10 Å². The third kappa shape index (κ3) is 3.38. The molecule has 0 aromatic heterocycles. The van der Waals surface area contributed by atoms with E-state index >= 15 is 0 Å². The van der Waals surface area contributed by atoms with Gasteiger partial charge in [-0.25, -0.2) is 8.42 Å². The summed E-state index contributed by atoms with van der Waals surface area (Å²) in [5.41, 5.74) is 2.07. The van der Waals surface area contributed by atoms with Gasteiger partial charge < -0.3 is 9.64 Å². The van der Waals surface area contributed by atoms with Crippen LogP contribution in [0.1, 0.15) is 22.8 Å². The monoisotopic (exact) mass is 420 g/mol. The first-order chi connectivity index (χ1) is 13.4. The number of hydrogen-bond acceptors (Lipinski definition) is 4. The van der Waals surface area contributed by atoms with Gasteiger partial charge in [0, 0.05) is 29.7 Å². The first-order valence-corrected chi connectivity index (χ1v) is 11.0. The zero-order valence-corrected chi connectivity index (χ0v) is 17.0. The lowest BCUT2D eigenvalue weighted by molar-refractivity contribution is 0.0303. The summed E-state index contributed by atoms with van der Waals surface area (Å²) in [4.78, 5) is 14.7. The lowest BCUT2D eigenvalue weighted by Gasteiger charge is -2.27. The second-order valence-electron chi connectivity index (χ2n) is 7.06. The highest BCUT2D eigenvalue weighted by Gasteiger charge is 2.36. The second-order valence-corrected chi connectivity index (χ2v) is 9.31. The average Bonchev–Trinajstić information content (AvgIpc) is 3.04. The maximum atomic E-state index is 13.2. The number of ether oxygens (including phenoxy) is 1. The molecule has 1 amide bonds. The highest BCUT2D eigenvalue weighted by Crippen LogP contribution is 2.37. The third-order valence-electron chi connectivity index (χ3n) is 5.15. The number of fused-ring (bicyclic) bond motifs is 1. The molecule has 2 aliphatic heterocycles. The van der Waals surface area contributed by atoms with E-state index in [1.807, 2.05) is 13.0 Å². The van der Waals surface area contributed by atoms with E-state index in [0.717, 1.165) is 5.56 Å². The van der Waals surface area contributed by atoms with Gasteiger partial charge in [-0.15, -0.1) is 0 Å². The number of rotatable bonds is 3. The van der Waals surface area contributed by atoms with Crippen molar-refractivity contribution in [2.75, 3.05) is 30.6 Å². The van der Waals surface area contributed by atoms with Crippen LogP contribution in [0.15, 0.2) is 47.4 Å². The molecule has 2 aromatic rings. The Morgan fingerprint density at radius 2 is 1.79 bits per heavy atom. The van der Waals surface area contributed by atoms with Crippen LogP contribution in [-0.4, -0.2) is 51.6 Å². The Morgan fingerprint density at radius 1 is 1.11 bits per heavy atom. The van der Waals surface area contributed by atoms with Crippen molar-refractivity contribution in [3.8, 4) is 0 Å². The summed E-state index contributed by atoms with van der Waals surface area (Å²) in [5.74, 6) is -0.0437. The fourth-order valence-electron chi connectivity index (χ4n) is 3.77. The molecule has 0 unspecified atom stereocenters. The van der Waals surface area contributed by atoms with E-state index in [-0.39, 0.29) is 16.8 Å². The van der Waals surface area contributed by atoms with Gasteiger partial charge in [0.25, 0.3) is 15.9 Å². The molecular weight excluding hydrogens is 400 g/mol. The van der Waals surface area contributed by atoms with Crippen LogP contribution in [0.2, 0.25) is 5.02 Å². The number of anilines is 1. The molecule has 1 fully saturated rings. The molecule has 0 N–H and O–H groups in total. The zero-order chi connectivity index (χ0) is 19.9. The summed E-state index contributed by atoms with van der Waals surface area (Å²) in [7, 11) is -3.71. The van der Waals surface area contributed by atoms with Gasteiger partial charge >= 0.3 is 0 Å². The molecule has 0 aliphatic carbocycles.